The van der Waals surface area contributed by atoms with E-state index in [0.29, 0.717) is 16.8 Å². The van der Waals surface area contributed by atoms with E-state index in [2.05, 4.69) is 5.32 Å². The van der Waals surface area contributed by atoms with Gasteiger partial charge in [-0.15, -0.1) is 0 Å². The fraction of sp³-hybridized carbons (Fsp3) is 0.115. The Morgan fingerprint density at radius 2 is 1.47 bits per heavy atom. The van der Waals surface area contributed by atoms with Gasteiger partial charge in [-0.25, -0.2) is 18.0 Å². The molecule has 0 fully saturated rings. The number of hydrogen-bond acceptors (Lipinski definition) is 7. The monoisotopic (exact) mass is 506 g/mol. The quantitative estimate of drug-likeness (QED) is 0.527. The lowest BCUT2D eigenvalue weighted by atomic mass is 9.95. The number of benzene rings is 3. The van der Waals surface area contributed by atoms with Crippen molar-refractivity contribution in [2.45, 2.75) is 0 Å². The normalized spacial score (nSPS) is 14.0. The highest BCUT2D eigenvalue weighted by Crippen LogP contribution is 2.42. The molecule has 1 aliphatic rings. The molecule has 10 heteroatoms. The molecule has 1 aliphatic heterocycles. The summed E-state index contributed by atoms with van der Waals surface area (Å²) < 4.78 is 37.8. The molecule has 0 aliphatic carbocycles. The molecule has 0 aromatic heterocycles. The van der Waals surface area contributed by atoms with Crippen LogP contribution < -0.4 is 9.62 Å². The Bertz CT molecular complexity index is 1510. The van der Waals surface area contributed by atoms with Gasteiger partial charge in [0, 0.05) is 18.2 Å². The van der Waals surface area contributed by atoms with Crippen molar-refractivity contribution >= 4 is 44.8 Å². The second-order valence-electron chi connectivity index (χ2n) is 7.76. The lowest BCUT2D eigenvalue weighted by Crippen LogP contribution is -2.37. The summed E-state index contributed by atoms with van der Waals surface area (Å²) in [6, 6.07) is 19.4. The summed E-state index contributed by atoms with van der Waals surface area (Å²) in [5.74, 6) is -2.47. The highest BCUT2D eigenvalue weighted by Gasteiger charge is 2.39. The van der Waals surface area contributed by atoms with E-state index in [-0.39, 0.29) is 22.4 Å². The van der Waals surface area contributed by atoms with E-state index < -0.39 is 32.8 Å². The summed E-state index contributed by atoms with van der Waals surface area (Å²) in [5.41, 5.74) is 1.56. The highest BCUT2D eigenvalue weighted by molar-refractivity contribution is 7.97. The molecular weight excluding hydrogens is 484 g/mol. The van der Waals surface area contributed by atoms with Gasteiger partial charge in [0.2, 0.25) is 0 Å². The van der Waals surface area contributed by atoms with Gasteiger partial charge in [-0.05, 0) is 29.8 Å². The minimum absolute atomic E-state index is 0.0479. The molecule has 1 heterocycles. The predicted molar refractivity (Wildman–Crippen MR) is 134 cm³/mol. The van der Waals surface area contributed by atoms with Crippen molar-refractivity contribution in [2.75, 3.05) is 30.9 Å². The number of nitrogens with one attached hydrogen (secondary N) is 1. The van der Waals surface area contributed by atoms with Gasteiger partial charge in [0.15, 0.2) is 4.91 Å². The van der Waals surface area contributed by atoms with Gasteiger partial charge in [0.25, 0.3) is 15.9 Å². The fourth-order valence-electron chi connectivity index (χ4n) is 3.96. The maximum atomic E-state index is 13.7. The number of ether oxygens (including phenoxy) is 2. The first-order valence-corrected chi connectivity index (χ1v) is 12.1. The van der Waals surface area contributed by atoms with E-state index in [1.54, 1.807) is 54.6 Å². The van der Waals surface area contributed by atoms with Crippen LogP contribution in [-0.4, -0.2) is 47.5 Å². The molecule has 3 aromatic rings. The number of amides is 1. The molecule has 9 nitrogen and oxygen atoms in total. The number of para-hydroxylation sites is 1. The van der Waals surface area contributed by atoms with Crippen LogP contribution in [-0.2, 0) is 24.3 Å². The van der Waals surface area contributed by atoms with Gasteiger partial charge in [-0.1, -0.05) is 48.5 Å². The lowest BCUT2D eigenvalue weighted by molar-refractivity contribution is -0.112. The predicted octanol–water partition coefficient (Wildman–Crippen LogP) is 3.44. The van der Waals surface area contributed by atoms with Crippen LogP contribution in [0.15, 0.2) is 77.7 Å². The van der Waals surface area contributed by atoms with Crippen LogP contribution in [0.4, 0.5) is 11.4 Å². The van der Waals surface area contributed by atoms with Gasteiger partial charge < -0.3 is 14.8 Å². The van der Waals surface area contributed by atoms with Crippen LogP contribution in [0.1, 0.15) is 31.8 Å². The average Bonchev–Trinajstić information content (AvgIpc) is 2.90. The third-order valence-electron chi connectivity index (χ3n) is 5.72. The fourth-order valence-corrected chi connectivity index (χ4v) is 5.42. The maximum Gasteiger partial charge on any atom is 0.339 e. The summed E-state index contributed by atoms with van der Waals surface area (Å²) in [5, 5.41) is 2.51. The molecule has 0 atom stereocenters. The number of anilines is 2. The van der Waals surface area contributed by atoms with Gasteiger partial charge in [0.1, 0.15) is 0 Å². The van der Waals surface area contributed by atoms with Crippen molar-refractivity contribution in [3.63, 3.8) is 0 Å². The summed E-state index contributed by atoms with van der Waals surface area (Å²) in [6.45, 7) is 0. The maximum absolute atomic E-state index is 13.7. The van der Waals surface area contributed by atoms with Crippen molar-refractivity contribution in [3.8, 4) is 0 Å². The Balaban J connectivity index is 1.95. The van der Waals surface area contributed by atoms with Crippen molar-refractivity contribution < 1.29 is 32.3 Å². The standard InChI is InChI=1S/C26H22N2O7S/c1-28-21-12-8-7-11-19(21)22(16-9-5-4-6-10-16)23(36(28,32)33)24(29)27-20-15-17(25(30)34-2)13-14-18(20)26(31)35-3/h4-15H,1-3H3,(H,27,29). The Morgan fingerprint density at radius 3 is 2.14 bits per heavy atom. The molecule has 0 unspecified atom stereocenters. The van der Waals surface area contributed by atoms with E-state index in [1.807, 2.05) is 0 Å². The number of carbonyl (C=O) groups is 3. The SMILES string of the molecule is COC(=O)c1ccc(C(=O)OC)c(NC(=O)C2=C(c3ccccc3)c3ccccc3N(C)S2(=O)=O)c1. The topological polar surface area (TPSA) is 119 Å². The van der Waals surface area contributed by atoms with Crippen LogP contribution in [0.3, 0.4) is 0 Å². The lowest BCUT2D eigenvalue weighted by Gasteiger charge is -2.31. The number of rotatable bonds is 5. The van der Waals surface area contributed by atoms with Crippen LogP contribution in [0, 0.1) is 0 Å². The molecule has 1 N–H and O–H groups in total. The highest BCUT2D eigenvalue weighted by atomic mass is 32.2. The van der Waals surface area contributed by atoms with E-state index in [0.717, 1.165) is 11.4 Å². The van der Waals surface area contributed by atoms with Gasteiger partial charge in [-0.2, -0.15) is 0 Å². The molecule has 184 valence electrons. The molecule has 36 heavy (non-hydrogen) atoms. The second kappa shape index (κ2) is 9.67. The average molecular weight is 507 g/mol. The summed E-state index contributed by atoms with van der Waals surface area (Å²) in [6.07, 6.45) is 0. The first-order chi connectivity index (χ1) is 17.2. The third kappa shape index (κ3) is 4.22. The number of sulfonamides is 1. The number of methoxy groups -OCH3 is 2. The summed E-state index contributed by atoms with van der Waals surface area (Å²) >= 11 is 0. The van der Waals surface area contributed by atoms with Crippen molar-refractivity contribution in [2.24, 2.45) is 0 Å². The molecule has 0 saturated carbocycles. The molecular formula is C26H22N2O7S. The van der Waals surface area contributed by atoms with E-state index in [1.165, 1.54) is 32.4 Å². The molecule has 0 bridgehead atoms. The Morgan fingerprint density at radius 1 is 0.833 bits per heavy atom. The van der Waals surface area contributed by atoms with Crippen molar-refractivity contribution in [1.29, 1.82) is 0 Å². The minimum Gasteiger partial charge on any atom is -0.465 e. The minimum atomic E-state index is -4.31. The molecule has 0 radical (unpaired) electrons. The van der Waals surface area contributed by atoms with Crippen molar-refractivity contribution in [3.05, 3.63) is 100.0 Å². The summed E-state index contributed by atoms with van der Waals surface area (Å²) in [4.78, 5) is 37.6. The van der Waals surface area contributed by atoms with Crippen LogP contribution in [0.2, 0.25) is 0 Å². The van der Waals surface area contributed by atoms with E-state index in [4.69, 9.17) is 9.47 Å². The van der Waals surface area contributed by atoms with Gasteiger partial charge in [0.05, 0.1) is 36.7 Å². The number of carbonyl (C=O) groups excluding carboxylic acids is 3. The van der Waals surface area contributed by atoms with Crippen molar-refractivity contribution in [1.82, 2.24) is 0 Å². The molecule has 3 aromatic carbocycles. The number of hydrogen-bond donors (Lipinski definition) is 1. The van der Waals surface area contributed by atoms with Gasteiger partial charge in [-0.3, -0.25) is 9.10 Å². The zero-order valence-electron chi connectivity index (χ0n) is 19.6. The zero-order chi connectivity index (χ0) is 26.0. The molecule has 0 spiro atoms. The molecule has 1 amide bonds. The Labute approximate surface area is 208 Å². The summed E-state index contributed by atoms with van der Waals surface area (Å²) in [7, 11) is -0.596. The number of fused-ring (bicyclic) bond motifs is 1. The van der Waals surface area contributed by atoms with Gasteiger partial charge >= 0.3 is 11.9 Å². The van der Waals surface area contributed by atoms with E-state index >= 15 is 0 Å². The first kappa shape index (κ1) is 24.7. The number of esters is 2. The van der Waals surface area contributed by atoms with Crippen LogP contribution >= 0.6 is 0 Å². The molecule has 4 rings (SSSR count). The Kier molecular flexibility index (Phi) is 6.63. The van der Waals surface area contributed by atoms with E-state index in [9.17, 15) is 22.8 Å². The second-order valence-corrected chi connectivity index (χ2v) is 9.66. The van der Waals surface area contributed by atoms with Crippen LogP contribution in [0.5, 0.6) is 0 Å². The smallest absolute Gasteiger partial charge is 0.339 e. The third-order valence-corrected chi connectivity index (χ3v) is 7.54. The number of nitrogens with zero attached hydrogens (tertiary/aromatic N) is 1. The largest absolute Gasteiger partial charge is 0.465 e. The Hall–Kier alpha value is -4.44. The first-order valence-electron chi connectivity index (χ1n) is 10.7. The van der Waals surface area contributed by atoms with Crippen LogP contribution in [0.25, 0.3) is 5.57 Å². The zero-order valence-corrected chi connectivity index (χ0v) is 20.5. The molecule has 0 saturated heterocycles.